The molecule has 0 aliphatic rings. The van der Waals surface area contributed by atoms with Gasteiger partial charge in [0, 0.05) is 19.2 Å². The molecule has 0 aromatic carbocycles. The van der Waals surface area contributed by atoms with Crippen molar-refractivity contribution in [2.24, 2.45) is 0 Å². The van der Waals surface area contributed by atoms with Crippen LogP contribution in [-0.2, 0) is 9.53 Å². The van der Waals surface area contributed by atoms with Gasteiger partial charge in [0.2, 0.25) is 0 Å². The summed E-state index contributed by atoms with van der Waals surface area (Å²) < 4.78 is 4.48. The van der Waals surface area contributed by atoms with E-state index in [-0.39, 0.29) is 25.3 Å². The standard InChI is InChI=1S/C14H16N2O4/c1-20-12(18)7-9-16-14(19)13-11(5-2-3-10-17)6-4-8-15-13/h4,6,8,17H,3,7,9-10H2,1H3,(H,16,19). The maximum atomic E-state index is 11.9. The Kier molecular flexibility index (Phi) is 6.79. The zero-order valence-corrected chi connectivity index (χ0v) is 11.2. The summed E-state index contributed by atoms with van der Waals surface area (Å²) in [6, 6.07) is 3.35. The number of hydrogen-bond donors (Lipinski definition) is 2. The van der Waals surface area contributed by atoms with E-state index in [1.54, 1.807) is 12.1 Å². The van der Waals surface area contributed by atoms with E-state index in [0.29, 0.717) is 12.0 Å². The number of hydrogen-bond acceptors (Lipinski definition) is 5. The second-order valence-corrected chi connectivity index (χ2v) is 3.76. The number of carbonyl (C=O) groups is 2. The minimum Gasteiger partial charge on any atom is -0.469 e. The van der Waals surface area contributed by atoms with Crippen molar-refractivity contribution in [3.05, 3.63) is 29.6 Å². The Morgan fingerprint density at radius 3 is 3.00 bits per heavy atom. The van der Waals surface area contributed by atoms with E-state index in [4.69, 9.17) is 5.11 Å². The number of carbonyl (C=O) groups excluding carboxylic acids is 2. The molecule has 1 aromatic rings. The average Bonchev–Trinajstić information content (AvgIpc) is 2.47. The number of rotatable bonds is 5. The topological polar surface area (TPSA) is 88.5 Å². The molecule has 0 aliphatic carbocycles. The van der Waals surface area contributed by atoms with Crippen LogP contribution in [0.15, 0.2) is 18.3 Å². The molecule has 0 bridgehead atoms. The van der Waals surface area contributed by atoms with E-state index in [9.17, 15) is 9.59 Å². The van der Waals surface area contributed by atoms with Crippen LogP contribution in [0.5, 0.6) is 0 Å². The Balaban J connectivity index is 2.68. The van der Waals surface area contributed by atoms with Gasteiger partial charge in [0.25, 0.3) is 5.91 Å². The van der Waals surface area contributed by atoms with E-state index in [2.05, 4.69) is 26.9 Å². The summed E-state index contributed by atoms with van der Waals surface area (Å²) in [5.74, 6) is 4.72. The highest BCUT2D eigenvalue weighted by Crippen LogP contribution is 2.03. The molecule has 6 nitrogen and oxygen atoms in total. The zero-order valence-electron chi connectivity index (χ0n) is 11.2. The molecule has 0 aliphatic heterocycles. The first-order chi connectivity index (χ1) is 9.69. The van der Waals surface area contributed by atoms with E-state index in [1.807, 2.05) is 0 Å². The molecule has 0 saturated heterocycles. The van der Waals surface area contributed by atoms with Gasteiger partial charge in [-0.2, -0.15) is 0 Å². The molecule has 1 aromatic heterocycles. The van der Waals surface area contributed by atoms with Crippen LogP contribution in [-0.4, -0.2) is 42.2 Å². The molecule has 0 saturated carbocycles. The van der Waals surface area contributed by atoms with Crippen LogP contribution in [0, 0.1) is 11.8 Å². The third-order valence-corrected chi connectivity index (χ3v) is 2.33. The van der Waals surface area contributed by atoms with Crippen LogP contribution in [0.4, 0.5) is 0 Å². The monoisotopic (exact) mass is 276 g/mol. The first-order valence-corrected chi connectivity index (χ1v) is 6.08. The Labute approximate surface area is 117 Å². The molecule has 0 unspecified atom stereocenters. The average molecular weight is 276 g/mol. The lowest BCUT2D eigenvalue weighted by Crippen LogP contribution is -2.27. The minimum atomic E-state index is -0.400. The van der Waals surface area contributed by atoms with Crippen molar-refractivity contribution in [3.8, 4) is 11.8 Å². The summed E-state index contributed by atoms with van der Waals surface area (Å²) in [7, 11) is 1.29. The predicted octanol–water partition coefficient (Wildman–Crippen LogP) is 0.108. The fourth-order valence-electron chi connectivity index (χ4n) is 1.36. The number of aliphatic hydroxyl groups is 1. The molecule has 0 spiro atoms. The number of esters is 1. The number of pyridine rings is 1. The first-order valence-electron chi connectivity index (χ1n) is 6.08. The molecule has 6 heteroatoms. The van der Waals surface area contributed by atoms with Gasteiger partial charge in [-0.1, -0.05) is 11.8 Å². The second-order valence-electron chi connectivity index (χ2n) is 3.76. The largest absolute Gasteiger partial charge is 0.469 e. The van der Waals surface area contributed by atoms with Crippen LogP contribution >= 0.6 is 0 Å². The second kappa shape index (κ2) is 8.67. The van der Waals surface area contributed by atoms with E-state index >= 15 is 0 Å². The molecule has 106 valence electrons. The lowest BCUT2D eigenvalue weighted by Gasteiger charge is -2.05. The van der Waals surface area contributed by atoms with Gasteiger partial charge >= 0.3 is 5.97 Å². The molecule has 1 rings (SSSR count). The summed E-state index contributed by atoms with van der Waals surface area (Å²) in [5, 5.41) is 11.2. The number of methoxy groups -OCH3 is 1. The van der Waals surface area contributed by atoms with Gasteiger partial charge in [-0.05, 0) is 12.1 Å². The van der Waals surface area contributed by atoms with Crippen LogP contribution in [0.3, 0.4) is 0 Å². The van der Waals surface area contributed by atoms with Crippen molar-refractivity contribution >= 4 is 11.9 Å². The minimum absolute atomic E-state index is 0.0338. The number of aliphatic hydroxyl groups excluding tert-OH is 1. The fourth-order valence-corrected chi connectivity index (χ4v) is 1.36. The van der Waals surface area contributed by atoms with Crippen molar-refractivity contribution in [3.63, 3.8) is 0 Å². The van der Waals surface area contributed by atoms with Gasteiger partial charge in [-0.15, -0.1) is 0 Å². The predicted molar refractivity (Wildman–Crippen MR) is 71.8 cm³/mol. The summed E-state index contributed by atoms with van der Waals surface area (Å²) >= 11 is 0. The molecular formula is C14H16N2O4. The van der Waals surface area contributed by atoms with Crippen molar-refractivity contribution in [1.82, 2.24) is 10.3 Å². The van der Waals surface area contributed by atoms with Crippen molar-refractivity contribution < 1.29 is 19.4 Å². The van der Waals surface area contributed by atoms with E-state index in [0.717, 1.165) is 0 Å². The van der Waals surface area contributed by atoms with E-state index in [1.165, 1.54) is 13.3 Å². The van der Waals surface area contributed by atoms with Gasteiger partial charge in [0.1, 0.15) is 5.69 Å². The van der Waals surface area contributed by atoms with Gasteiger partial charge < -0.3 is 15.2 Å². The summed E-state index contributed by atoms with van der Waals surface area (Å²) in [6.45, 7) is 0.138. The van der Waals surface area contributed by atoms with Crippen molar-refractivity contribution in [1.29, 1.82) is 0 Å². The van der Waals surface area contributed by atoms with Crippen LogP contribution in [0.1, 0.15) is 28.9 Å². The van der Waals surface area contributed by atoms with Crippen molar-refractivity contribution in [2.75, 3.05) is 20.3 Å². The Bertz CT molecular complexity index is 531. The van der Waals surface area contributed by atoms with Crippen LogP contribution < -0.4 is 5.32 Å². The first kappa shape index (κ1) is 15.7. The number of nitrogens with one attached hydrogen (secondary N) is 1. The van der Waals surface area contributed by atoms with Gasteiger partial charge in [-0.3, -0.25) is 9.59 Å². The van der Waals surface area contributed by atoms with Gasteiger partial charge in [-0.25, -0.2) is 4.98 Å². The number of ether oxygens (including phenoxy) is 1. The SMILES string of the molecule is COC(=O)CCNC(=O)c1ncccc1C#CCCO. The van der Waals surface area contributed by atoms with Gasteiger partial charge in [0.05, 0.1) is 25.7 Å². The molecule has 0 atom stereocenters. The third kappa shape index (κ3) is 5.08. The molecule has 0 fully saturated rings. The Morgan fingerprint density at radius 1 is 1.50 bits per heavy atom. The normalized spacial score (nSPS) is 9.30. The maximum Gasteiger partial charge on any atom is 0.307 e. The highest BCUT2D eigenvalue weighted by atomic mass is 16.5. The summed E-state index contributed by atoms with van der Waals surface area (Å²) in [6.07, 6.45) is 1.92. The van der Waals surface area contributed by atoms with Crippen molar-refractivity contribution in [2.45, 2.75) is 12.8 Å². The highest BCUT2D eigenvalue weighted by molar-refractivity contribution is 5.94. The fraction of sp³-hybridized carbons (Fsp3) is 0.357. The quantitative estimate of drug-likeness (QED) is 0.588. The maximum absolute atomic E-state index is 11.9. The third-order valence-electron chi connectivity index (χ3n) is 2.33. The van der Waals surface area contributed by atoms with Gasteiger partial charge in [0.15, 0.2) is 0 Å². The number of aromatic nitrogens is 1. The lowest BCUT2D eigenvalue weighted by molar-refractivity contribution is -0.140. The number of nitrogens with zero attached hydrogens (tertiary/aromatic N) is 1. The molecular weight excluding hydrogens is 260 g/mol. The van der Waals surface area contributed by atoms with Crippen LogP contribution in [0.25, 0.3) is 0 Å². The Morgan fingerprint density at radius 2 is 2.30 bits per heavy atom. The molecule has 1 amide bonds. The smallest absolute Gasteiger partial charge is 0.307 e. The zero-order chi connectivity index (χ0) is 14.8. The Hall–Kier alpha value is -2.39. The highest BCUT2D eigenvalue weighted by Gasteiger charge is 2.11. The summed E-state index contributed by atoms with van der Waals surface area (Å²) in [4.78, 5) is 26.8. The van der Waals surface area contributed by atoms with E-state index < -0.39 is 11.9 Å². The summed E-state index contributed by atoms with van der Waals surface area (Å²) in [5.41, 5.74) is 0.680. The molecule has 1 heterocycles. The van der Waals surface area contributed by atoms with Crippen LogP contribution in [0.2, 0.25) is 0 Å². The lowest BCUT2D eigenvalue weighted by atomic mass is 10.2. The molecule has 0 radical (unpaired) electrons. The number of amides is 1. The molecule has 2 N–H and O–H groups in total. The molecule has 20 heavy (non-hydrogen) atoms.